The van der Waals surface area contributed by atoms with Gasteiger partial charge in [0, 0.05) is 37.0 Å². The van der Waals surface area contributed by atoms with Crippen LogP contribution in [0.4, 0.5) is 5.69 Å². The van der Waals surface area contributed by atoms with Crippen molar-refractivity contribution >= 4 is 17.3 Å². The molecule has 1 fully saturated rings. The predicted octanol–water partition coefficient (Wildman–Crippen LogP) is 2.66. The molecule has 1 heterocycles. The second-order valence-corrected chi connectivity index (χ2v) is 5.71. The third kappa shape index (κ3) is 3.85. The molecule has 0 spiro atoms. The van der Waals surface area contributed by atoms with Crippen molar-refractivity contribution in [2.45, 2.75) is 25.8 Å². The first-order valence-electron chi connectivity index (χ1n) is 7.03. The summed E-state index contributed by atoms with van der Waals surface area (Å²) in [4.78, 5) is 2.44. The van der Waals surface area contributed by atoms with Gasteiger partial charge in [0.25, 0.3) is 0 Å². The van der Waals surface area contributed by atoms with Crippen LogP contribution < -0.4 is 10.2 Å². The molecule has 106 valence electrons. The molecule has 0 aliphatic carbocycles. The van der Waals surface area contributed by atoms with Crippen molar-refractivity contribution in [2.24, 2.45) is 5.92 Å². The summed E-state index contributed by atoms with van der Waals surface area (Å²) in [7, 11) is 1.95. The zero-order chi connectivity index (χ0) is 13.7. The Morgan fingerprint density at radius 3 is 3.05 bits per heavy atom. The summed E-state index contributed by atoms with van der Waals surface area (Å²) < 4.78 is 0. The number of piperidine rings is 1. The van der Waals surface area contributed by atoms with Crippen LogP contribution in [0.1, 0.15) is 24.8 Å². The lowest BCUT2D eigenvalue weighted by Gasteiger charge is -2.35. The molecular formula is C15H23ClN2O. The molecule has 0 aromatic heterocycles. The third-order valence-electron chi connectivity index (χ3n) is 3.81. The van der Waals surface area contributed by atoms with Crippen molar-refractivity contribution < 1.29 is 5.11 Å². The molecule has 2 N–H and O–H groups in total. The molecule has 4 heteroatoms. The Kier molecular flexibility index (Phi) is 5.49. The van der Waals surface area contributed by atoms with Crippen LogP contribution in [0, 0.1) is 5.92 Å². The molecule has 0 amide bonds. The molecule has 1 aromatic carbocycles. The number of aliphatic hydroxyl groups excluding tert-OH is 1. The lowest BCUT2D eigenvalue weighted by molar-refractivity contribution is 0.244. The van der Waals surface area contributed by atoms with Crippen LogP contribution in [-0.4, -0.2) is 31.9 Å². The monoisotopic (exact) mass is 282 g/mol. The van der Waals surface area contributed by atoms with Crippen molar-refractivity contribution in [2.75, 3.05) is 31.6 Å². The maximum atomic E-state index is 9.10. The van der Waals surface area contributed by atoms with E-state index in [0.29, 0.717) is 12.5 Å². The summed E-state index contributed by atoms with van der Waals surface area (Å²) in [5.74, 6) is 0.608. The summed E-state index contributed by atoms with van der Waals surface area (Å²) in [6.45, 7) is 3.26. The van der Waals surface area contributed by atoms with Gasteiger partial charge in [-0.3, -0.25) is 0 Å². The third-order valence-corrected chi connectivity index (χ3v) is 4.04. The molecule has 1 aliphatic rings. The highest BCUT2D eigenvalue weighted by atomic mass is 35.5. The molecule has 0 saturated carbocycles. The van der Waals surface area contributed by atoms with Gasteiger partial charge >= 0.3 is 0 Å². The Morgan fingerprint density at radius 1 is 1.47 bits per heavy atom. The highest BCUT2D eigenvalue weighted by Gasteiger charge is 2.21. The molecule has 2 rings (SSSR count). The average molecular weight is 283 g/mol. The molecule has 0 bridgehead atoms. The smallest absolute Gasteiger partial charge is 0.0434 e. The van der Waals surface area contributed by atoms with Gasteiger partial charge in [-0.2, -0.15) is 0 Å². The van der Waals surface area contributed by atoms with Gasteiger partial charge in [0.15, 0.2) is 0 Å². The van der Waals surface area contributed by atoms with Gasteiger partial charge in [0.05, 0.1) is 0 Å². The van der Waals surface area contributed by atoms with Gasteiger partial charge in [0.1, 0.15) is 0 Å². The second kappa shape index (κ2) is 7.13. The van der Waals surface area contributed by atoms with E-state index in [1.54, 1.807) is 0 Å². The van der Waals surface area contributed by atoms with Gasteiger partial charge < -0.3 is 15.3 Å². The molecule has 1 unspecified atom stereocenters. The molecule has 1 saturated heterocycles. The van der Waals surface area contributed by atoms with E-state index in [1.165, 1.54) is 24.1 Å². The maximum absolute atomic E-state index is 9.10. The minimum atomic E-state index is 0.294. The minimum Gasteiger partial charge on any atom is -0.396 e. The number of nitrogens with one attached hydrogen (secondary N) is 1. The first-order chi connectivity index (χ1) is 9.24. The molecule has 0 radical (unpaired) electrons. The van der Waals surface area contributed by atoms with Crippen molar-refractivity contribution in [3.05, 3.63) is 28.8 Å². The fourth-order valence-electron chi connectivity index (χ4n) is 2.90. The quantitative estimate of drug-likeness (QED) is 0.872. The standard InChI is InChI=1S/C15H23ClN2O/c1-17-10-13-9-14(16)4-5-15(13)18-7-2-3-12(11-18)6-8-19/h4-5,9,12,17,19H,2-3,6-8,10-11H2,1H3. The van der Waals surface area contributed by atoms with Gasteiger partial charge in [-0.1, -0.05) is 11.6 Å². The molecule has 1 atom stereocenters. The fourth-order valence-corrected chi connectivity index (χ4v) is 3.09. The van der Waals surface area contributed by atoms with Crippen LogP contribution in [-0.2, 0) is 6.54 Å². The Hall–Kier alpha value is -0.770. The Morgan fingerprint density at radius 2 is 2.32 bits per heavy atom. The van der Waals surface area contributed by atoms with Crippen LogP contribution in [0.3, 0.4) is 0 Å². The average Bonchev–Trinajstić information content (AvgIpc) is 2.40. The molecule has 1 aromatic rings. The molecule has 3 nitrogen and oxygen atoms in total. The van der Waals surface area contributed by atoms with Gasteiger partial charge in [-0.05, 0) is 56.0 Å². The lowest BCUT2D eigenvalue weighted by atomic mass is 9.94. The number of anilines is 1. The number of benzene rings is 1. The zero-order valence-corrected chi connectivity index (χ0v) is 12.3. The maximum Gasteiger partial charge on any atom is 0.0434 e. The van der Waals surface area contributed by atoms with E-state index in [1.807, 2.05) is 19.2 Å². The summed E-state index contributed by atoms with van der Waals surface area (Å²) >= 11 is 6.09. The normalized spacial score (nSPS) is 19.7. The van der Waals surface area contributed by atoms with Crippen molar-refractivity contribution in [1.82, 2.24) is 5.32 Å². The van der Waals surface area contributed by atoms with Crippen molar-refractivity contribution in [3.8, 4) is 0 Å². The number of aliphatic hydroxyl groups is 1. The van der Waals surface area contributed by atoms with Crippen LogP contribution in [0.25, 0.3) is 0 Å². The first kappa shape index (κ1) is 14.6. The molecule has 19 heavy (non-hydrogen) atoms. The van der Waals surface area contributed by atoms with Crippen LogP contribution in [0.5, 0.6) is 0 Å². The highest BCUT2D eigenvalue weighted by molar-refractivity contribution is 6.30. The van der Waals surface area contributed by atoms with E-state index in [-0.39, 0.29) is 0 Å². The summed E-state index contributed by atoms with van der Waals surface area (Å²) in [6.07, 6.45) is 3.34. The van der Waals surface area contributed by atoms with E-state index < -0.39 is 0 Å². The summed E-state index contributed by atoms with van der Waals surface area (Å²) in [5.41, 5.74) is 2.53. The summed E-state index contributed by atoms with van der Waals surface area (Å²) in [5, 5.41) is 13.1. The fraction of sp³-hybridized carbons (Fsp3) is 0.600. The van der Waals surface area contributed by atoms with Crippen LogP contribution >= 0.6 is 11.6 Å². The Balaban J connectivity index is 2.15. The van der Waals surface area contributed by atoms with E-state index in [4.69, 9.17) is 16.7 Å². The van der Waals surface area contributed by atoms with E-state index in [0.717, 1.165) is 31.1 Å². The molecule has 1 aliphatic heterocycles. The van der Waals surface area contributed by atoms with Crippen molar-refractivity contribution in [3.63, 3.8) is 0 Å². The summed E-state index contributed by atoms with van der Waals surface area (Å²) in [6, 6.07) is 6.13. The van der Waals surface area contributed by atoms with E-state index >= 15 is 0 Å². The number of rotatable bonds is 5. The number of halogens is 1. The Bertz CT molecular complexity index is 409. The van der Waals surface area contributed by atoms with Gasteiger partial charge in [0.2, 0.25) is 0 Å². The largest absolute Gasteiger partial charge is 0.396 e. The van der Waals surface area contributed by atoms with E-state index in [9.17, 15) is 0 Å². The van der Waals surface area contributed by atoms with E-state index in [2.05, 4.69) is 16.3 Å². The lowest BCUT2D eigenvalue weighted by Crippen LogP contribution is -2.36. The minimum absolute atomic E-state index is 0.294. The van der Waals surface area contributed by atoms with Crippen LogP contribution in [0.2, 0.25) is 5.02 Å². The number of hydrogen-bond acceptors (Lipinski definition) is 3. The van der Waals surface area contributed by atoms with Gasteiger partial charge in [-0.15, -0.1) is 0 Å². The number of hydrogen-bond donors (Lipinski definition) is 2. The highest BCUT2D eigenvalue weighted by Crippen LogP contribution is 2.29. The SMILES string of the molecule is CNCc1cc(Cl)ccc1N1CCCC(CCO)C1. The zero-order valence-electron chi connectivity index (χ0n) is 11.5. The van der Waals surface area contributed by atoms with Crippen LogP contribution in [0.15, 0.2) is 18.2 Å². The van der Waals surface area contributed by atoms with Gasteiger partial charge in [-0.25, -0.2) is 0 Å². The number of nitrogens with zero attached hydrogens (tertiary/aromatic N) is 1. The predicted molar refractivity (Wildman–Crippen MR) is 80.9 cm³/mol. The van der Waals surface area contributed by atoms with Crippen molar-refractivity contribution in [1.29, 1.82) is 0 Å². The first-order valence-corrected chi connectivity index (χ1v) is 7.41. The molecular weight excluding hydrogens is 260 g/mol. The Labute approximate surface area is 120 Å². The second-order valence-electron chi connectivity index (χ2n) is 5.27. The topological polar surface area (TPSA) is 35.5 Å².